The van der Waals surface area contributed by atoms with Crippen molar-refractivity contribution in [1.82, 2.24) is 9.88 Å². The number of methoxy groups -OCH3 is 1. The fourth-order valence-corrected chi connectivity index (χ4v) is 3.93. The van der Waals surface area contributed by atoms with Crippen LogP contribution in [0.1, 0.15) is 50.7 Å². The third kappa shape index (κ3) is 4.85. The molecule has 0 fully saturated rings. The molecule has 2 aromatic carbocycles. The van der Waals surface area contributed by atoms with Gasteiger partial charge in [0.1, 0.15) is 11.6 Å². The van der Waals surface area contributed by atoms with E-state index in [2.05, 4.69) is 10.3 Å². The summed E-state index contributed by atoms with van der Waals surface area (Å²) in [7, 11) is 1.60. The highest BCUT2D eigenvalue weighted by Gasteiger charge is 2.36. The number of carboxylic acids is 1. The van der Waals surface area contributed by atoms with Gasteiger partial charge in [0.15, 0.2) is 0 Å². The van der Waals surface area contributed by atoms with E-state index >= 15 is 0 Å². The lowest BCUT2D eigenvalue weighted by molar-refractivity contribution is -0.116. The van der Waals surface area contributed by atoms with E-state index in [9.17, 15) is 14.4 Å². The van der Waals surface area contributed by atoms with Crippen LogP contribution in [0.3, 0.4) is 0 Å². The number of ether oxygens (including phenoxy) is 1. The second kappa shape index (κ2) is 9.52. The minimum absolute atomic E-state index is 0.0447. The van der Waals surface area contributed by atoms with Gasteiger partial charge in [-0.2, -0.15) is 0 Å². The molecule has 1 atom stereocenters. The summed E-state index contributed by atoms with van der Waals surface area (Å²) in [5, 5.41) is 11.6. The zero-order valence-corrected chi connectivity index (χ0v) is 18.0. The Morgan fingerprint density at radius 2 is 1.85 bits per heavy atom. The molecule has 4 rings (SSSR count). The van der Waals surface area contributed by atoms with Gasteiger partial charge in [-0.1, -0.05) is 30.3 Å². The van der Waals surface area contributed by atoms with Crippen LogP contribution in [0, 0.1) is 0 Å². The van der Waals surface area contributed by atoms with Crippen molar-refractivity contribution >= 4 is 23.6 Å². The number of nitrogens with zero attached hydrogens (tertiary/aromatic N) is 2. The summed E-state index contributed by atoms with van der Waals surface area (Å²) in [5.41, 5.74) is 2.58. The maximum absolute atomic E-state index is 13.1. The Kier molecular flexibility index (Phi) is 6.35. The minimum atomic E-state index is -1.08. The van der Waals surface area contributed by atoms with Crippen molar-refractivity contribution in [3.8, 4) is 5.75 Å². The van der Waals surface area contributed by atoms with Gasteiger partial charge in [0, 0.05) is 24.7 Å². The van der Waals surface area contributed by atoms with Crippen LogP contribution in [0.5, 0.6) is 5.75 Å². The molecule has 8 heteroatoms. The SMILES string of the molecule is COc1ccc(CN2C(=O)c3ccccc3C2CCC(=O)Nc2ccc(C(=O)O)cn2)cc1. The quantitative estimate of drug-likeness (QED) is 0.544. The molecular formula is C25H23N3O5. The molecule has 1 aliphatic heterocycles. The number of anilines is 1. The molecule has 1 aromatic heterocycles. The normalized spacial score (nSPS) is 14.6. The van der Waals surface area contributed by atoms with Crippen LogP contribution in [0.4, 0.5) is 5.82 Å². The number of amides is 2. The first-order valence-corrected chi connectivity index (χ1v) is 10.5. The van der Waals surface area contributed by atoms with Crippen LogP contribution >= 0.6 is 0 Å². The first-order chi connectivity index (χ1) is 16.0. The van der Waals surface area contributed by atoms with Gasteiger partial charge >= 0.3 is 5.97 Å². The fraction of sp³-hybridized carbons (Fsp3) is 0.200. The van der Waals surface area contributed by atoms with Gasteiger partial charge in [-0.15, -0.1) is 0 Å². The number of benzene rings is 2. The Morgan fingerprint density at radius 3 is 2.52 bits per heavy atom. The Bertz CT molecular complexity index is 1180. The van der Waals surface area contributed by atoms with E-state index in [0.29, 0.717) is 18.5 Å². The number of carbonyl (C=O) groups is 3. The number of fused-ring (bicyclic) bond motifs is 1. The molecule has 0 radical (unpaired) electrons. The zero-order chi connectivity index (χ0) is 23.4. The number of hydrogen-bond donors (Lipinski definition) is 2. The summed E-state index contributed by atoms with van der Waals surface area (Å²) in [6.07, 6.45) is 1.81. The molecule has 2 heterocycles. The minimum Gasteiger partial charge on any atom is -0.497 e. The molecule has 0 aliphatic carbocycles. The van der Waals surface area contributed by atoms with Crippen LogP contribution in [0.2, 0.25) is 0 Å². The van der Waals surface area contributed by atoms with E-state index in [1.54, 1.807) is 12.0 Å². The lowest BCUT2D eigenvalue weighted by atomic mass is 10.0. The highest BCUT2D eigenvalue weighted by Crippen LogP contribution is 2.37. The summed E-state index contributed by atoms with van der Waals surface area (Å²) < 4.78 is 5.20. The molecule has 2 amide bonds. The first kappa shape index (κ1) is 22.0. The second-order valence-electron chi connectivity index (χ2n) is 7.71. The molecule has 0 saturated carbocycles. The zero-order valence-electron chi connectivity index (χ0n) is 18.0. The predicted molar refractivity (Wildman–Crippen MR) is 121 cm³/mol. The van der Waals surface area contributed by atoms with Crippen LogP contribution in [0.15, 0.2) is 66.9 Å². The maximum atomic E-state index is 13.1. The molecule has 0 bridgehead atoms. The van der Waals surface area contributed by atoms with E-state index in [1.807, 2.05) is 48.5 Å². The number of hydrogen-bond acceptors (Lipinski definition) is 5. The van der Waals surface area contributed by atoms with Crippen molar-refractivity contribution in [2.75, 3.05) is 12.4 Å². The average molecular weight is 445 g/mol. The van der Waals surface area contributed by atoms with Crippen LogP contribution < -0.4 is 10.1 Å². The van der Waals surface area contributed by atoms with Gasteiger partial charge in [-0.25, -0.2) is 9.78 Å². The second-order valence-corrected chi connectivity index (χ2v) is 7.71. The molecule has 33 heavy (non-hydrogen) atoms. The lowest BCUT2D eigenvalue weighted by Crippen LogP contribution is -2.28. The first-order valence-electron chi connectivity index (χ1n) is 10.5. The van der Waals surface area contributed by atoms with Crippen molar-refractivity contribution in [1.29, 1.82) is 0 Å². The monoisotopic (exact) mass is 445 g/mol. The number of carbonyl (C=O) groups excluding carboxylic acids is 2. The lowest BCUT2D eigenvalue weighted by Gasteiger charge is -2.25. The van der Waals surface area contributed by atoms with Gasteiger partial charge in [0.25, 0.3) is 5.91 Å². The molecule has 0 saturated heterocycles. The van der Waals surface area contributed by atoms with E-state index in [0.717, 1.165) is 16.9 Å². The standard InChI is InChI=1S/C25H23N3O5/c1-33-18-9-6-16(7-10-18)15-28-21(19-4-2-3-5-20(19)24(28)30)11-13-23(29)27-22-12-8-17(14-26-22)25(31)32/h2-10,12,14,21H,11,13,15H2,1H3,(H,31,32)(H,26,27,29). The van der Waals surface area contributed by atoms with Crippen molar-refractivity contribution in [3.63, 3.8) is 0 Å². The van der Waals surface area contributed by atoms with Gasteiger partial charge in [0.05, 0.1) is 18.7 Å². The van der Waals surface area contributed by atoms with Gasteiger partial charge in [0.2, 0.25) is 5.91 Å². The summed E-state index contributed by atoms with van der Waals surface area (Å²) >= 11 is 0. The van der Waals surface area contributed by atoms with E-state index in [4.69, 9.17) is 9.84 Å². The Morgan fingerprint density at radius 1 is 1.09 bits per heavy atom. The number of carboxylic acid groups (broad SMARTS) is 1. The number of pyridine rings is 1. The Labute approximate surface area is 190 Å². The van der Waals surface area contributed by atoms with Crippen molar-refractivity contribution in [3.05, 3.63) is 89.1 Å². The third-order valence-corrected chi connectivity index (χ3v) is 5.62. The van der Waals surface area contributed by atoms with Crippen LogP contribution in [-0.2, 0) is 11.3 Å². The number of aromatic carboxylic acids is 1. The smallest absolute Gasteiger partial charge is 0.337 e. The summed E-state index contributed by atoms with van der Waals surface area (Å²) in [6.45, 7) is 0.419. The van der Waals surface area contributed by atoms with Crippen molar-refractivity contribution in [2.24, 2.45) is 0 Å². The topological polar surface area (TPSA) is 109 Å². The molecule has 8 nitrogen and oxygen atoms in total. The molecular weight excluding hydrogens is 422 g/mol. The molecule has 0 spiro atoms. The number of nitrogens with one attached hydrogen (secondary N) is 1. The van der Waals surface area contributed by atoms with Gasteiger partial charge in [-0.05, 0) is 47.9 Å². The van der Waals surface area contributed by atoms with Crippen molar-refractivity contribution in [2.45, 2.75) is 25.4 Å². The molecule has 3 aromatic rings. The Hall–Kier alpha value is -4.20. The largest absolute Gasteiger partial charge is 0.497 e. The summed E-state index contributed by atoms with van der Waals surface area (Å²) in [5.74, 6) is -0.373. The Balaban J connectivity index is 1.46. The van der Waals surface area contributed by atoms with Gasteiger partial charge < -0.3 is 20.1 Å². The van der Waals surface area contributed by atoms with Crippen LogP contribution in [-0.4, -0.2) is 39.9 Å². The summed E-state index contributed by atoms with van der Waals surface area (Å²) in [6, 6.07) is 17.6. The van der Waals surface area contributed by atoms with E-state index in [-0.39, 0.29) is 35.7 Å². The highest BCUT2D eigenvalue weighted by atomic mass is 16.5. The molecule has 1 aliphatic rings. The molecule has 2 N–H and O–H groups in total. The fourth-order valence-electron chi connectivity index (χ4n) is 3.93. The van der Waals surface area contributed by atoms with Crippen LogP contribution in [0.25, 0.3) is 0 Å². The average Bonchev–Trinajstić information content (AvgIpc) is 3.09. The highest BCUT2D eigenvalue weighted by molar-refractivity contribution is 5.99. The van der Waals surface area contributed by atoms with Crippen molar-refractivity contribution < 1.29 is 24.2 Å². The number of rotatable bonds is 8. The number of aromatic nitrogens is 1. The van der Waals surface area contributed by atoms with Gasteiger partial charge in [-0.3, -0.25) is 9.59 Å². The predicted octanol–water partition coefficient (Wildman–Crippen LogP) is 3.90. The summed E-state index contributed by atoms with van der Waals surface area (Å²) in [4.78, 5) is 42.3. The molecule has 168 valence electrons. The maximum Gasteiger partial charge on any atom is 0.337 e. The van der Waals surface area contributed by atoms with E-state index in [1.165, 1.54) is 18.3 Å². The van der Waals surface area contributed by atoms with E-state index < -0.39 is 5.97 Å². The molecule has 1 unspecified atom stereocenters. The third-order valence-electron chi connectivity index (χ3n) is 5.62.